The summed E-state index contributed by atoms with van der Waals surface area (Å²) in [5.41, 5.74) is 9.68. The van der Waals surface area contributed by atoms with Crippen LogP contribution >= 0.6 is 0 Å². The van der Waals surface area contributed by atoms with E-state index in [2.05, 4.69) is 71.8 Å². The van der Waals surface area contributed by atoms with Gasteiger partial charge in [0.05, 0.1) is 25.2 Å². The molecule has 2 saturated carbocycles. The minimum atomic E-state index is -0.152. The maximum Gasteiger partial charge on any atom is 0.622 e. The molecular weight excluding hydrogens is 440 g/mol. The first kappa shape index (κ1) is 22.9. The maximum absolute atomic E-state index is 3.01. The van der Waals surface area contributed by atoms with E-state index in [1.807, 2.05) is 0 Å². The standard InChI is InChI=1S/C32H44N4/c1-35-22-13-23-36(2)31-21-12-10-15-27(31)25-34(29-18-7-4-8-19-29)32(35,36)33(28-16-5-3-6-17-28)24-26-14-9-11-20-30(26)35/h9-12,14-15,20-21H,3-8,13,16-19,22-25H2,1-2H3/q+4/t32?,35-,36?/m1/s1. The van der Waals surface area contributed by atoms with E-state index in [1.165, 1.54) is 83.7 Å². The van der Waals surface area contributed by atoms with E-state index in [1.54, 1.807) is 33.9 Å². The number of nitrogens with zero attached hydrogens (tertiary/aromatic N) is 4. The van der Waals surface area contributed by atoms with Crippen molar-refractivity contribution in [1.29, 1.82) is 0 Å². The first-order chi connectivity index (χ1) is 17.6. The lowest BCUT2D eigenvalue weighted by atomic mass is 9.89. The zero-order valence-corrected chi connectivity index (χ0v) is 22.5. The van der Waals surface area contributed by atoms with Crippen molar-refractivity contribution in [3.8, 4) is 0 Å². The van der Waals surface area contributed by atoms with Crippen LogP contribution in [0, 0.1) is 0 Å². The van der Waals surface area contributed by atoms with Crippen LogP contribution in [0.25, 0.3) is 0 Å². The fourth-order valence-corrected chi connectivity index (χ4v) is 9.18. The number of quaternary nitrogens is 2. The lowest BCUT2D eigenvalue weighted by molar-refractivity contribution is -0.895. The highest BCUT2D eigenvalue weighted by Crippen LogP contribution is 2.54. The predicted molar refractivity (Wildman–Crippen MR) is 150 cm³/mol. The molecule has 1 spiro atoms. The van der Waals surface area contributed by atoms with E-state index < -0.39 is 0 Å². The fraction of sp³-hybridized carbons (Fsp3) is 0.562. The Balaban J connectivity index is 1.64. The van der Waals surface area contributed by atoms with E-state index in [-0.39, 0.29) is 5.91 Å². The summed E-state index contributed by atoms with van der Waals surface area (Å²) in [5, 5.41) is 0. The molecule has 4 heteroatoms. The zero-order valence-electron chi connectivity index (χ0n) is 22.5. The minimum Gasteiger partial charge on any atom is -0.118 e. The highest BCUT2D eigenvalue weighted by molar-refractivity contribution is 5.82. The summed E-state index contributed by atoms with van der Waals surface area (Å²) in [4.78, 5) is 0. The molecule has 5 aliphatic rings. The Bertz CT molecular complexity index is 1160. The third-order valence-electron chi connectivity index (χ3n) is 10.6. The van der Waals surface area contributed by atoms with Gasteiger partial charge in [-0.25, -0.2) is 0 Å². The van der Waals surface area contributed by atoms with Crippen molar-refractivity contribution in [3.63, 3.8) is 0 Å². The fourth-order valence-electron chi connectivity index (χ4n) is 9.18. The van der Waals surface area contributed by atoms with Crippen LogP contribution < -0.4 is 8.97 Å². The summed E-state index contributed by atoms with van der Waals surface area (Å²) < 4.78 is 8.01. The minimum absolute atomic E-state index is 0.152. The number of para-hydroxylation sites is 2. The molecule has 2 aromatic carbocycles. The van der Waals surface area contributed by atoms with E-state index in [0.717, 1.165) is 22.1 Å². The quantitative estimate of drug-likeness (QED) is 0.313. The van der Waals surface area contributed by atoms with Gasteiger partial charge in [-0.15, -0.1) is 8.97 Å². The van der Waals surface area contributed by atoms with Gasteiger partial charge in [0.15, 0.2) is 35.9 Å². The molecule has 0 amide bonds. The monoisotopic (exact) mass is 484 g/mol. The molecule has 3 fully saturated rings. The van der Waals surface area contributed by atoms with E-state index >= 15 is 0 Å². The van der Waals surface area contributed by atoms with Gasteiger partial charge >= 0.3 is 5.91 Å². The Hall–Kier alpha value is -2.30. The van der Waals surface area contributed by atoms with Gasteiger partial charge in [0.25, 0.3) is 0 Å². The van der Waals surface area contributed by atoms with Crippen LogP contribution in [0.2, 0.25) is 0 Å². The van der Waals surface area contributed by atoms with Crippen LogP contribution in [0.1, 0.15) is 81.8 Å². The van der Waals surface area contributed by atoms with E-state index in [4.69, 9.17) is 0 Å². The van der Waals surface area contributed by atoms with Gasteiger partial charge in [-0.1, -0.05) is 46.3 Å². The van der Waals surface area contributed by atoms with Crippen molar-refractivity contribution in [3.05, 3.63) is 59.7 Å². The highest BCUT2D eigenvalue weighted by Gasteiger charge is 2.86. The summed E-state index contributed by atoms with van der Waals surface area (Å²) in [5.74, 6) is -0.152. The molecule has 7 rings (SSSR count). The Labute approximate surface area is 217 Å². The summed E-state index contributed by atoms with van der Waals surface area (Å²) >= 11 is 0. The number of benzene rings is 2. The van der Waals surface area contributed by atoms with Crippen LogP contribution in [0.4, 0.5) is 11.4 Å². The molecule has 4 nitrogen and oxygen atoms in total. The summed E-state index contributed by atoms with van der Waals surface area (Å²) in [6, 6.07) is 18.9. The third-order valence-corrected chi connectivity index (χ3v) is 10.6. The average molecular weight is 485 g/mol. The van der Waals surface area contributed by atoms with Crippen LogP contribution in [-0.2, 0) is 13.1 Å². The van der Waals surface area contributed by atoms with E-state index in [9.17, 15) is 0 Å². The largest absolute Gasteiger partial charge is 0.622 e. The number of rotatable bonds is 0. The lowest BCUT2D eigenvalue weighted by Gasteiger charge is -2.56. The molecule has 2 unspecified atom stereocenters. The van der Waals surface area contributed by atoms with Crippen molar-refractivity contribution in [2.24, 2.45) is 0 Å². The second-order valence-electron chi connectivity index (χ2n) is 12.5. The maximum atomic E-state index is 3.01. The van der Waals surface area contributed by atoms with Gasteiger partial charge in [-0.05, 0) is 37.8 Å². The third kappa shape index (κ3) is 2.89. The van der Waals surface area contributed by atoms with Crippen LogP contribution in [0.3, 0.4) is 0 Å². The Morgan fingerprint density at radius 2 is 0.972 bits per heavy atom. The Morgan fingerprint density at radius 1 is 0.556 bits per heavy atom. The second-order valence-corrected chi connectivity index (χ2v) is 12.5. The first-order valence-corrected chi connectivity index (χ1v) is 14.7. The Kier molecular flexibility index (Phi) is 5.31. The van der Waals surface area contributed by atoms with Gasteiger partial charge in [0.1, 0.15) is 13.1 Å². The molecule has 0 aromatic heterocycles. The van der Waals surface area contributed by atoms with Crippen molar-refractivity contribution >= 4 is 22.8 Å². The van der Waals surface area contributed by atoms with Crippen molar-refractivity contribution in [2.45, 2.75) is 89.6 Å². The van der Waals surface area contributed by atoms with Crippen LogP contribution in [0.15, 0.2) is 48.5 Å². The summed E-state index contributed by atoms with van der Waals surface area (Å²) in [6.07, 6.45) is 14.5. The molecule has 0 bridgehead atoms. The summed E-state index contributed by atoms with van der Waals surface area (Å²) in [6.45, 7) is 4.53. The van der Waals surface area contributed by atoms with Crippen LogP contribution in [0.5, 0.6) is 0 Å². The highest BCUT2D eigenvalue weighted by atomic mass is 15.8. The molecule has 188 valence electrons. The van der Waals surface area contributed by atoms with Gasteiger partial charge in [-0.2, -0.15) is 0 Å². The SMILES string of the molecule is C[N+]12CCC[N@+]3(C)c4ccccc4C[N+](=C4CCCCC4)C13[N+](=C1CCCCC1)Cc1ccccc12. The predicted octanol–water partition coefficient (Wildman–Crippen LogP) is 6.14. The van der Waals surface area contributed by atoms with Crippen LogP contribution in [-0.4, -0.2) is 53.7 Å². The molecule has 2 aromatic rings. The van der Waals surface area contributed by atoms with Gasteiger partial charge < -0.3 is 0 Å². The molecule has 1 saturated heterocycles. The average Bonchev–Trinajstić information content (AvgIpc) is 2.93. The molecule has 36 heavy (non-hydrogen) atoms. The molecule has 0 N–H and O–H groups in total. The molecular formula is C32H44N4+4. The zero-order chi connectivity index (χ0) is 24.4. The number of fused-ring (bicyclic) bond motifs is 4. The molecule has 3 heterocycles. The van der Waals surface area contributed by atoms with Gasteiger partial charge in [-0.3, -0.25) is 0 Å². The van der Waals surface area contributed by atoms with Crippen molar-refractivity contribution in [2.75, 3.05) is 27.2 Å². The first-order valence-electron chi connectivity index (χ1n) is 14.7. The van der Waals surface area contributed by atoms with Gasteiger partial charge in [0.2, 0.25) is 0 Å². The smallest absolute Gasteiger partial charge is 0.118 e. The number of hydrogen-bond acceptors (Lipinski definition) is 0. The molecule has 0 radical (unpaired) electrons. The van der Waals surface area contributed by atoms with Gasteiger partial charge in [0, 0.05) is 44.2 Å². The molecule has 3 aliphatic heterocycles. The number of hydrogen-bond donors (Lipinski definition) is 0. The topological polar surface area (TPSA) is 6.02 Å². The van der Waals surface area contributed by atoms with E-state index in [0.29, 0.717) is 0 Å². The second kappa shape index (κ2) is 8.36. The normalized spacial score (nSPS) is 33.9. The molecule has 3 atom stereocenters. The Morgan fingerprint density at radius 3 is 1.42 bits per heavy atom. The van der Waals surface area contributed by atoms with Crippen molar-refractivity contribution in [1.82, 2.24) is 8.97 Å². The molecule has 2 aliphatic carbocycles. The summed E-state index contributed by atoms with van der Waals surface area (Å²) in [7, 11) is 5.21. The van der Waals surface area contributed by atoms with Crippen molar-refractivity contribution < 1.29 is 9.15 Å². The lowest BCUT2D eigenvalue weighted by Crippen LogP contribution is -2.92.